The van der Waals surface area contributed by atoms with Gasteiger partial charge in [-0.3, -0.25) is 4.79 Å². The van der Waals surface area contributed by atoms with E-state index in [1.165, 1.54) is 15.6 Å². The molecule has 5 aromatic rings. The standard InChI is InChI=1S/C22H16N2OS/c1-2-24-19-11-10-14(13-25)12-17(19)15-6-5-7-16(21(15)24)22-23-18-8-3-4-9-20(18)26-22/h3-13H,2H2,1H3. The smallest absolute Gasteiger partial charge is 0.150 e. The Bertz CT molecular complexity index is 1260. The molecule has 4 heteroatoms. The lowest BCUT2D eigenvalue weighted by atomic mass is 10.1. The molecule has 0 aliphatic heterocycles. The van der Waals surface area contributed by atoms with E-state index < -0.39 is 0 Å². The van der Waals surface area contributed by atoms with E-state index in [-0.39, 0.29) is 0 Å². The number of para-hydroxylation sites is 2. The summed E-state index contributed by atoms with van der Waals surface area (Å²) in [5, 5.41) is 3.32. The fourth-order valence-corrected chi connectivity index (χ4v) is 4.73. The van der Waals surface area contributed by atoms with E-state index in [9.17, 15) is 4.79 Å². The molecule has 3 aromatic carbocycles. The van der Waals surface area contributed by atoms with Crippen molar-refractivity contribution >= 4 is 49.6 Å². The van der Waals surface area contributed by atoms with E-state index in [1.54, 1.807) is 11.3 Å². The van der Waals surface area contributed by atoms with Gasteiger partial charge in [-0.2, -0.15) is 0 Å². The van der Waals surface area contributed by atoms with Gasteiger partial charge < -0.3 is 4.57 Å². The van der Waals surface area contributed by atoms with Crippen LogP contribution in [0, 0.1) is 0 Å². The molecule has 0 aliphatic rings. The zero-order valence-corrected chi connectivity index (χ0v) is 15.1. The molecule has 0 fully saturated rings. The zero-order chi connectivity index (χ0) is 17.7. The minimum atomic E-state index is 0.707. The topological polar surface area (TPSA) is 34.9 Å². The van der Waals surface area contributed by atoms with Crippen molar-refractivity contribution in [1.82, 2.24) is 9.55 Å². The van der Waals surface area contributed by atoms with Gasteiger partial charge in [-0.1, -0.05) is 24.3 Å². The fraction of sp³-hybridized carbons (Fsp3) is 0.0909. The molecule has 2 aromatic heterocycles. The summed E-state index contributed by atoms with van der Waals surface area (Å²) >= 11 is 1.72. The molecule has 0 saturated heterocycles. The molecule has 2 heterocycles. The highest BCUT2D eigenvalue weighted by molar-refractivity contribution is 7.21. The Morgan fingerprint density at radius 1 is 1.04 bits per heavy atom. The average molecular weight is 356 g/mol. The Labute approximate surface area is 154 Å². The van der Waals surface area contributed by atoms with Gasteiger partial charge in [0, 0.05) is 34.0 Å². The molecule has 26 heavy (non-hydrogen) atoms. The lowest BCUT2D eigenvalue weighted by Gasteiger charge is -2.06. The van der Waals surface area contributed by atoms with E-state index in [1.807, 2.05) is 24.3 Å². The summed E-state index contributed by atoms with van der Waals surface area (Å²) in [7, 11) is 0. The second-order valence-corrected chi connectivity index (χ2v) is 7.36. The molecule has 0 aliphatic carbocycles. The van der Waals surface area contributed by atoms with Crippen LogP contribution < -0.4 is 0 Å². The molecule has 5 rings (SSSR count). The molecule has 0 spiro atoms. The number of fused-ring (bicyclic) bond motifs is 4. The maximum atomic E-state index is 11.2. The predicted octanol–water partition coefficient (Wildman–Crippen LogP) is 5.90. The highest BCUT2D eigenvalue weighted by atomic mass is 32.1. The van der Waals surface area contributed by atoms with Gasteiger partial charge in [0.05, 0.1) is 15.7 Å². The molecule has 0 radical (unpaired) electrons. The van der Waals surface area contributed by atoms with E-state index in [4.69, 9.17) is 4.98 Å². The number of thiazole rings is 1. The van der Waals surface area contributed by atoms with Crippen molar-refractivity contribution in [3.8, 4) is 10.6 Å². The molecule has 0 amide bonds. The third kappa shape index (κ3) is 2.12. The van der Waals surface area contributed by atoms with Crippen LogP contribution in [-0.2, 0) is 6.54 Å². The number of rotatable bonds is 3. The highest BCUT2D eigenvalue weighted by Crippen LogP contribution is 2.38. The van der Waals surface area contributed by atoms with E-state index in [2.05, 4.69) is 47.9 Å². The summed E-state index contributed by atoms with van der Waals surface area (Å²) in [6.45, 7) is 3.02. The summed E-state index contributed by atoms with van der Waals surface area (Å²) in [4.78, 5) is 16.1. The number of aldehydes is 1. The Hall–Kier alpha value is -2.98. The van der Waals surface area contributed by atoms with E-state index in [0.29, 0.717) is 5.56 Å². The number of hydrogen-bond acceptors (Lipinski definition) is 3. The average Bonchev–Trinajstić information content (AvgIpc) is 3.26. The van der Waals surface area contributed by atoms with Gasteiger partial charge >= 0.3 is 0 Å². The van der Waals surface area contributed by atoms with Crippen LogP contribution in [0.15, 0.2) is 60.7 Å². The van der Waals surface area contributed by atoms with Crippen LogP contribution in [0.25, 0.3) is 42.6 Å². The minimum Gasteiger partial charge on any atom is -0.340 e. The summed E-state index contributed by atoms with van der Waals surface area (Å²) in [6, 6.07) is 20.5. The second kappa shape index (κ2) is 5.78. The molecule has 0 saturated carbocycles. The third-order valence-corrected chi connectivity index (χ3v) is 5.95. The first-order valence-electron chi connectivity index (χ1n) is 8.66. The summed E-state index contributed by atoms with van der Waals surface area (Å²) in [6.07, 6.45) is 0.909. The molecular formula is C22H16N2OS. The van der Waals surface area contributed by atoms with Crippen LogP contribution in [0.4, 0.5) is 0 Å². The number of carbonyl (C=O) groups is 1. The first kappa shape index (κ1) is 15.3. The second-order valence-electron chi connectivity index (χ2n) is 6.33. The number of aryl methyl sites for hydroxylation is 1. The predicted molar refractivity (Wildman–Crippen MR) is 109 cm³/mol. The van der Waals surface area contributed by atoms with Gasteiger partial charge in [0.25, 0.3) is 0 Å². The molecule has 0 atom stereocenters. The Morgan fingerprint density at radius 2 is 1.92 bits per heavy atom. The lowest BCUT2D eigenvalue weighted by Crippen LogP contribution is -1.95. The molecule has 3 nitrogen and oxygen atoms in total. The van der Waals surface area contributed by atoms with Crippen molar-refractivity contribution in [1.29, 1.82) is 0 Å². The lowest BCUT2D eigenvalue weighted by molar-refractivity contribution is 0.112. The largest absolute Gasteiger partial charge is 0.340 e. The van der Waals surface area contributed by atoms with Crippen LogP contribution in [0.2, 0.25) is 0 Å². The summed E-state index contributed by atoms with van der Waals surface area (Å²) in [5.41, 5.74) is 5.23. The van der Waals surface area contributed by atoms with Gasteiger partial charge in [0.1, 0.15) is 11.3 Å². The zero-order valence-electron chi connectivity index (χ0n) is 14.3. The molecule has 0 unspecified atom stereocenters. The molecule has 126 valence electrons. The van der Waals surface area contributed by atoms with Crippen LogP contribution in [0.3, 0.4) is 0 Å². The number of aromatic nitrogens is 2. The molecule has 0 N–H and O–H groups in total. The van der Waals surface area contributed by atoms with Gasteiger partial charge in [-0.25, -0.2) is 4.98 Å². The molecule has 0 bridgehead atoms. The SMILES string of the molecule is CCn1c2ccc(C=O)cc2c2cccc(-c3nc4ccccc4s3)c21. The van der Waals surface area contributed by atoms with Crippen LogP contribution in [0.1, 0.15) is 17.3 Å². The van der Waals surface area contributed by atoms with Crippen molar-refractivity contribution in [2.24, 2.45) is 0 Å². The third-order valence-electron chi connectivity index (χ3n) is 4.88. The van der Waals surface area contributed by atoms with Crippen molar-refractivity contribution in [3.63, 3.8) is 0 Å². The minimum absolute atomic E-state index is 0.707. The van der Waals surface area contributed by atoms with Crippen molar-refractivity contribution in [2.45, 2.75) is 13.5 Å². The van der Waals surface area contributed by atoms with Gasteiger partial charge in [-0.05, 0) is 43.3 Å². The van der Waals surface area contributed by atoms with Crippen LogP contribution in [0.5, 0.6) is 0 Å². The maximum absolute atomic E-state index is 11.2. The first-order chi connectivity index (χ1) is 12.8. The first-order valence-corrected chi connectivity index (χ1v) is 9.48. The number of benzene rings is 3. The summed E-state index contributed by atoms with van der Waals surface area (Å²) < 4.78 is 3.52. The van der Waals surface area contributed by atoms with E-state index in [0.717, 1.165) is 39.8 Å². The normalized spacial score (nSPS) is 11.6. The Morgan fingerprint density at radius 3 is 2.73 bits per heavy atom. The van der Waals surface area contributed by atoms with Crippen molar-refractivity contribution in [2.75, 3.05) is 0 Å². The quantitative estimate of drug-likeness (QED) is 0.377. The Balaban J connectivity index is 1.90. The van der Waals surface area contributed by atoms with Crippen molar-refractivity contribution < 1.29 is 4.79 Å². The van der Waals surface area contributed by atoms with Gasteiger partial charge in [0.2, 0.25) is 0 Å². The summed E-state index contributed by atoms with van der Waals surface area (Å²) in [5.74, 6) is 0. The van der Waals surface area contributed by atoms with Crippen LogP contribution >= 0.6 is 11.3 Å². The van der Waals surface area contributed by atoms with Crippen molar-refractivity contribution in [3.05, 3.63) is 66.2 Å². The van der Waals surface area contributed by atoms with Crippen LogP contribution in [-0.4, -0.2) is 15.8 Å². The van der Waals surface area contributed by atoms with E-state index >= 15 is 0 Å². The number of nitrogens with zero attached hydrogens (tertiary/aromatic N) is 2. The highest BCUT2D eigenvalue weighted by Gasteiger charge is 2.16. The maximum Gasteiger partial charge on any atom is 0.150 e. The van der Waals surface area contributed by atoms with Gasteiger partial charge in [-0.15, -0.1) is 11.3 Å². The number of hydrogen-bond donors (Lipinski definition) is 0. The fourth-order valence-electron chi connectivity index (χ4n) is 3.74. The number of carbonyl (C=O) groups excluding carboxylic acids is 1. The monoisotopic (exact) mass is 356 g/mol. The van der Waals surface area contributed by atoms with Gasteiger partial charge in [0.15, 0.2) is 0 Å². The Kier molecular flexibility index (Phi) is 3.40. The molecular weight excluding hydrogens is 340 g/mol.